The van der Waals surface area contributed by atoms with Crippen LogP contribution >= 0.6 is 11.8 Å². The maximum atomic E-state index is 12.6. The molecule has 0 radical (unpaired) electrons. The molecule has 0 atom stereocenters. The third kappa shape index (κ3) is 5.00. The number of hydrogen-bond donors (Lipinski definition) is 2. The Morgan fingerprint density at radius 2 is 1.72 bits per heavy atom. The van der Waals surface area contributed by atoms with Gasteiger partial charge in [-0.3, -0.25) is 9.36 Å². The number of aryl methyl sites for hydroxylation is 2. The summed E-state index contributed by atoms with van der Waals surface area (Å²) in [6.07, 6.45) is 0. The van der Waals surface area contributed by atoms with Crippen molar-refractivity contribution in [3.8, 4) is 17.1 Å². The highest BCUT2D eigenvalue weighted by atomic mass is 32.2. The van der Waals surface area contributed by atoms with Crippen molar-refractivity contribution in [1.29, 1.82) is 0 Å². The predicted octanol–water partition coefficient (Wildman–Crippen LogP) is 5.05. The molecule has 3 aromatic carbocycles. The van der Waals surface area contributed by atoms with Crippen molar-refractivity contribution in [2.75, 3.05) is 11.1 Å². The number of phenolic OH excluding ortho intramolecular Hbond substituents is 1. The molecular formula is C25H24N4O2S. The molecule has 32 heavy (non-hydrogen) atoms. The quantitative estimate of drug-likeness (QED) is 0.390. The van der Waals surface area contributed by atoms with Gasteiger partial charge in [0.05, 0.1) is 17.9 Å². The largest absolute Gasteiger partial charge is 0.507 e. The van der Waals surface area contributed by atoms with E-state index in [-0.39, 0.29) is 17.4 Å². The maximum Gasteiger partial charge on any atom is 0.234 e. The monoisotopic (exact) mass is 444 g/mol. The van der Waals surface area contributed by atoms with Crippen LogP contribution in [0.4, 0.5) is 5.69 Å². The van der Waals surface area contributed by atoms with Crippen molar-refractivity contribution in [2.45, 2.75) is 25.5 Å². The van der Waals surface area contributed by atoms with Crippen LogP contribution in [0.3, 0.4) is 0 Å². The lowest BCUT2D eigenvalue weighted by Crippen LogP contribution is -2.15. The highest BCUT2D eigenvalue weighted by Crippen LogP contribution is 2.30. The number of amides is 1. The highest BCUT2D eigenvalue weighted by Gasteiger charge is 2.18. The average molecular weight is 445 g/mol. The van der Waals surface area contributed by atoms with Gasteiger partial charge in [-0.2, -0.15) is 0 Å². The molecule has 0 saturated heterocycles. The zero-order valence-electron chi connectivity index (χ0n) is 17.9. The Labute approximate surface area is 191 Å². The summed E-state index contributed by atoms with van der Waals surface area (Å²) in [5, 5.41) is 22.5. The van der Waals surface area contributed by atoms with Crippen molar-refractivity contribution >= 4 is 23.4 Å². The number of nitrogens with one attached hydrogen (secondary N) is 1. The minimum absolute atomic E-state index is 0.114. The van der Waals surface area contributed by atoms with Crippen LogP contribution in [-0.4, -0.2) is 31.5 Å². The lowest BCUT2D eigenvalue weighted by atomic mass is 10.1. The number of hydrogen-bond acceptors (Lipinski definition) is 5. The first-order valence-corrected chi connectivity index (χ1v) is 11.2. The van der Waals surface area contributed by atoms with E-state index in [1.54, 1.807) is 12.1 Å². The van der Waals surface area contributed by atoms with Crippen LogP contribution in [0.1, 0.15) is 16.7 Å². The van der Waals surface area contributed by atoms with Gasteiger partial charge in [-0.25, -0.2) is 0 Å². The molecule has 1 aromatic heterocycles. The van der Waals surface area contributed by atoms with Gasteiger partial charge in [-0.15, -0.1) is 10.2 Å². The van der Waals surface area contributed by atoms with Gasteiger partial charge >= 0.3 is 0 Å². The van der Waals surface area contributed by atoms with E-state index in [1.165, 1.54) is 17.3 Å². The van der Waals surface area contributed by atoms with Crippen LogP contribution in [0.15, 0.2) is 78.0 Å². The van der Waals surface area contributed by atoms with Crippen LogP contribution in [0.25, 0.3) is 11.4 Å². The van der Waals surface area contributed by atoms with E-state index in [4.69, 9.17) is 0 Å². The summed E-state index contributed by atoms with van der Waals surface area (Å²) in [5.74, 6) is 0.777. The Balaban J connectivity index is 1.55. The molecule has 162 valence electrons. The molecule has 7 heteroatoms. The molecule has 0 bridgehead atoms. The van der Waals surface area contributed by atoms with Crippen LogP contribution in [-0.2, 0) is 11.3 Å². The lowest BCUT2D eigenvalue weighted by molar-refractivity contribution is -0.113. The van der Waals surface area contributed by atoms with Gasteiger partial charge in [0.25, 0.3) is 0 Å². The van der Waals surface area contributed by atoms with Crippen molar-refractivity contribution in [2.24, 2.45) is 0 Å². The van der Waals surface area contributed by atoms with Crippen LogP contribution in [0, 0.1) is 13.8 Å². The van der Waals surface area contributed by atoms with E-state index >= 15 is 0 Å². The Kier molecular flexibility index (Phi) is 6.56. The predicted molar refractivity (Wildman–Crippen MR) is 128 cm³/mol. The van der Waals surface area contributed by atoms with Crippen LogP contribution in [0.5, 0.6) is 5.75 Å². The molecule has 0 aliphatic rings. The second kappa shape index (κ2) is 9.70. The summed E-state index contributed by atoms with van der Waals surface area (Å²) in [6, 6.07) is 22.9. The normalized spacial score (nSPS) is 10.8. The maximum absolute atomic E-state index is 12.6. The third-order valence-electron chi connectivity index (χ3n) is 5.17. The smallest absolute Gasteiger partial charge is 0.234 e. The van der Waals surface area contributed by atoms with Gasteiger partial charge in [-0.1, -0.05) is 60.3 Å². The molecule has 0 spiro atoms. The number of nitrogens with zero attached hydrogens (tertiary/aromatic N) is 3. The molecule has 1 heterocycles. The van der Waals surface area contributed by atoms with Crippen LogP contribution in [0.2, 0.25) is 0 Å². The SMILES string of the molecule is Cc1ccc(NC(=O)CSc2nnc(-c3ccccc3O)n2Cc2ccccc2)cc1C. The summed E-state index contributed by atoms with van der Waals surface area (Å²) in [7, 11) is 0. The first-order chi connectivity index (χ1) is 15.5. The van der Waals surface area contributed by atoms with E-state index in [9.17, 15) is 9.90 Å². The summed E-state index contributed by atoms with van der Waals surface area (Å²) in [5.41, 5.74) is 4.76. The Bertz CT molecular complexity index is 1240. The first kappa shape index (κ1) is 21.6. The zero-order chi connectivity index (χ0) is 22.5. The Morgan fingerprint density at radius 3 is 2.47 bits per heavy atom. The fourth-order valence-electron chi connectivity index (χ4n) is 3.31. The standard InChI is InChI=1S/C25H24N4O2S/c1-17-12-13-20(14-18(17)2)26-23(31)16-32-25-28-27-24(21-10-6-7-11-22(21)30)29(25)15-19-8-4-3-5-9-19/h3-14,30H,15-16H2,1-2H3,(H,26,31). The molecule has 4 rings (SSSR count). The second-order valence-electron chi connectivity index (χ2n) is 7.53. The number of para-hydroxylation sites is 1. The van der Waals surface area contributed by atoms with E-state index < -0.39 is 0 Å². The number of carbonyl (C=O) groups excluding carboxylic acids is 1. The summed E-state index contributed by atoms with van der Waals surface area (Å²) >= 11 is 1.32. The number of benzene rings is 3. The molecule has 0 saturated carbocycles. The third-order valence-corrected chi connectivity index (χ3v) is 6.14. The second-order valence-corrected chi connectivity index (χ2v) is 8.47. The van der Waals surface area contributed by atoms with Crippen molar-refractivity contribution in [3.63, 3.8) is 0 Å². The molecular weight excluding hydrogens is 420 g/mol. The number of aromatic nitrogens is 3. The molecule has 1 amide bonds. The van der Waals surface area contributed by atoms with Gasteiger partial charge in [0.15, 0.2) is 11.0 Å². The first-order valence-electron chi connectivity index (χ1n) is 10.3. The molecule has 4 aromatic rings. The fourth-order valence-corrected chi connectivity index (χ4v) is 4.05. The van der Waals surface area contributed by atoms with E-state index in [0.717, 1.165) is 16.8 Å². The molecule has 0 unspecified atom stereocenters. The number of rotatable bonds is 7. The number of phenols is 1. The fraction of sp³-hybridized carbons (Fsp3) is 0.160. The van der Waals surface area contributed by atoms with Crippen LogP contribution < -0.4 is 5.32 Å². The molecule has 0 aliphatic carbocycles. The Morgan fingerprint density at radius 1 is 0.969 bits per heavy atom. The van der Waals surface area contributed by atoms with Gasteiger partial charge in [-0.05, 0) is 54.8 Å². The van der Waals surface area contributed by atoms with Crippen molar-refractivity contribution in [1.82, 2.24) is 14.8 Å². The van der Waals surface area contributed by atoms with Gasteiger partial charge in [0, 0.05) is 5.69 Å². The van der Waals surface area contributed by atoms with E-state index in [2.05, 4.69) is 15.5 Å². The van der Waals surface area contributed by atoms with Gasteiger partial charge in [0.1, 0.15) is 5.75 Å². The topological polar surface area (TPSA) is 80.0 Å². The van der Waals surface area contributed by atoms with E-state index in [1.807, 2.05) is 79.1 Å². The highest BCUT2D eigenvalue weighted by molar-refractivity contribution is 7.99. The van der Waals surface area contributed by atoms with Gasteiger partial charge in [0.2, 0.25) is 5.91 Å². The number of anilines is 1. The zero-order valence-corrected chi connectivity index (χ0v) is 18.8. The molecule has 2 N–H and O–H groups in total. The minimum atomic E-state index is -0.114. The van der Waals surface area contributed by atoms with E-state index in [0.29, 0.717) is 23.1 Å². The van der Waals surface area contributed by atoms with Crippen molar-refractivity contribution < 1.29 is 9.90 Å². The van der Waals surface area contributed by atoms with Gasteiger partial charge < -0.3 is 10.4 Å². The minimum Gasteiger partial charge on any atom is -0.507 e. The average Bonchev–Trinajstić information content (AvgIpc) is 3.18. The lowest BCUT2D eigenvalue weighted by Gasteiger charge is -2.11. The number of aromatic hydroxyl groups is 1. The summed E-state index contributed by atoms with van der Waals surface area (Å²) < 4.78 is 1.93. The molecule has 6 nitrogen and oxygen atoms in total. The Hall–Kier alpha value is -3.58. The van der Waals surface area contributed by atoms with Crippen molar-refractivity contribution in [3.05, 3.63) is 89.5 Å². The molecule has 0 fully saturated rings. The summed E-state index contributed by atoms with van der Waals surface area (Å²) in [6.45, 7) is 4.59. The molecule has 0 aliphatic heterocycles. The number of carbonyl (C=O) groups is 1. The number of thioether (sulfide) groups is 1. The summed E-state index contributed by atoms with van der Waals surface area (Å²) in [4.78, 5) is 12.6.